The number of nitrogens with zero attached hydrogens (tertiary/aromatic N) is 2. The molecule has 3 rings (SSSR count). The topological polar surface area (TPSA) is 35.6 Å². The molecule has 0 radical (unpaired) electrons. The van der Waals surface area contributed by atoms with Crippen LogP contribution in [-0.4, -0.2) is 60.5 Å². The van der Waals surface area contributed by atoms with Gasteiger partial charge in [-0.2, -0.15) is 0 Å². The first kappa shape index (κ1) is 18.2. The van der Waals surface area contributed by atoms with Gasteiger partial charge < -0.3 is 15.1 Å². The van der Waals surface area contributed by atoms with Crippen LogP contribution in [-0.2, 0) is 4.79 Å². The molecule has 1 amide bonds. The van der Waals surface area contributed by atoms with Gasteiger partial charge in [0, 0.05) is 43.7 Å². The first-order chi connectivity index (χ1) is 11.4. The van der Waals surface area contributed by atoms with Gasteiger partial charge in [-0.1, -0.05) is 33.6 Å². The lowest BCUT2D eigenvalue weighted by Gasteiger charge is -2.37. The Kier molecular flexibility index (Phi) is 5.86. The fourth-order valence-electron chi connectivity index (χ4n) is 4.75. The molecule has 0 bridgehead atoms. The molecule has 138 valence electrons. The van der Waals surface area contributed by atoms with E-state index in [0.29, 0.717) is 18.0 Å². The van der Waals surface area contributed by atoms with Crippen LogP contribution in [0.3, 0.4) is 0 Å². The molecule has 2 saturated heterocycles. The molecule has 2 aliphatic heterocycles. The van der Waals surface area contributed by atoms with Crippen LogP contribution in [0.25, 0.3) is 0 Å². The minimum absolute atomic E-state index is 0.244. The van der Waals surface area contributed by atoms with Crippen LogP contribution in [0.4, 0.5) is 0 Å². The highest BCUT2D eigenvalue weighted by molar-refractivity contribution is 5.81. The standard InChI is InChI=1S/C20H37N3O/c1-20(2,3)19(24)23-12-9-17(10-13-23)21-18-8-11-22(15-18)14-16-6-4-5-7-16/h16-18,21H,4-15H2,1-3H3/t18-/m0/s1. The highest BCUT2D eigenvalue weighted by atomic mass is 16.2. The molecule has 0 unspecified atom stereocenters. The molecule has 2 heterocycles. The maximum atomic E-state index is 12.4. The Morgan fingerprint density at radius 1 is 0.958 bits per heavy atom. The highest BCUT2D eigenvalue weighted by Gasteiger charge is 2.32. The second kappa shape index (κ2) is 7.74. The predicted molar refractivity (Wildman–Crippen MR) is 99.0 cm³/mol. The van der Waals surface area contributed by atoms with Crippen LogP contribution >= 0.6 is 0 Å². The van der Waals surface area contributed by atoms with Crippen molar-refractivity contribution in [2.24, 2.45) is 11.3 Å². The van der Waals surface area contributed by atoms with Gasteiger partial charge in [-0.3, -0.25) is 4.79 Å². The third-order valence-corrected chi connectivity index (χ3v) is 6.16. The van der Waals surface area contributed by atoms with Crippen LogP contribution in [0.5, 0.6) is 0 Å². The Morgan fingerprint density at radius 2 is 1.58 bits per heavy atom. The number of carbonyl (C=O) groups is 1. The Bertz CT molecular complexity index is 417. The molecular formula is C20H37N3O. The molecule has 4 nitrogen and oxygen atoms in total. The minimum atomic E-state index is -0.244. The van der Waals surface area contributed by atoms with Gasteiger partial charge in [0.1, 0.15) is 0 Å². The largest absolute Gasteiger partial charge is 0.342 e. The van der Waals surface area contributed by atoms with Crippen molar-refractivity contribution in [3.05, 3.63) is 0 Å². The first-order valence-corrected chi connectivity index (χ1v) is 10.2. The number of nitrogens with one attached hydrogen (secondary N) is 1. The maximum absolute atomic E-state index is 12.4. The van der Waals surface area contributed by atoms with Crippen molar-refractivity contribution in [1.82, 2.24) is 15.1 Å². The predicted octanol–water partition coefficient (Wildman–Crippen LogP) is 2.88. The fraction of sp³-hybridized carbons (Fsp3) is 0.950. The van der Waals surface area contributed by atoms with E-state index in [0.717, 1.165) is 31.8 Å². The van der Waals surface area contributed by atoms with E-state index in [2.05, 4.69) is 15.1 Å². The number of rotatable bonds is 4. The van der Waals surface area contributed by atoms with Crippen LogP contribution < -0.4 is 5.32 Å². The average Bonchev–Trinajstić information content (AvgIpc) is 3.19. The number of carbonyl (C=O) groups excluding carboxylic acids is 1. The molecule has 24 heavy (non-hydrogen) atoms. The molecule has 0 spiro atoms. The Morgan fingerprint density at radius 3 is 2.21 bits per heavy atom. The van der Waals surface area contributed by atoms with Crippen LogP contribution in [0.1, 0.15) is 65.7 Å². The Hall–Kier alpha value is -0.610. The lowest BCUT2D eigenvalue weighted by Crippen LogP contribution is -2.50. The van der Waals surface area contributed by atoms with Crippen molar-refractivity contribution in [2.75, 3.05) is 32.7 Å². The molecule has 3 fully saturated rings. The molecule has 0 aromatic rings. The Balaban J connectivity index is 1.37. The van der Waals surface area contributed by atoms with E-state index in [1.54, 1.807) is 0 Å². The van der Waals surface area contributed by atoms with E-state index in [1.807, 2.05) is 20.8 Å². The molecule has 3 aliphatic rings. The fourth-order valence-corrected chi connectivity index (χ4v) is 4.75. The van der Waals surface area contributed by atoms with Crippen LogP contribution in [0.2, 0.25) is 0 Å². The third-order valence-electron chi connectivity index (χ3n) is 6.16. The van der Waals surface area contributed by atoms with E-state index < -0.39 is 0 Å². The van der Waals surface area contributed by atoms with Gasteiger partial charge >= 0.3 is 0 Å². The maximum Gasteiger partial charge on any atom is 0.227 e. The smallest absolute Gasteiger partial charge is 0.227 e. The number of piperidine rings is 1. The van der Waals surface area contributed by atoms with E-state index in [9.17, 15) is 4.79 Å². The monoisotopic (exact) mass is 335 g/mol. The summed E-state index contributed by atoms with van der Waals surface area (Å²) in [6, 6.07) is 1.27. The molecular weight excluding hydrogens is 298 g/mol. The number of likely N-dealkylation sites (tertiary alicyclic amines) is 2. The lowest BCUT2D eigenvalue weighted by molar-refractivity contribution is -0.140. The Labute approximate surface area is 148 Å². The zero-order valence-corrected chi connectivity index (χ0v) is 16.0. The minimum Gasteiger partial charge on any atom is -0.342 e. The van der Waals surface area contributed by atoms with Gasteiger partial charge in [-0.15, -0.1) is 0 Å². The van der Waals surface area contributed by atoms with Crippen molar-refractivity contribution in [3.8, 4) is 0 Å². The summed E-state index contributed by atoms with van der Waals surface area (Å²) in [6.07, 6.45) is 9.33. The van der Waals surface area contributed by atoms with Gasteiger partial charge in [0.25, 0.3) is 0 Å². The summed E-state index contributed by atoms with van der Waals surface area (Å²) >= 11 is 0. The van der Waals surface area contributed by atoms with Gasteiger partial charge in [0.2, 0.25) is 5.91 Å². The molecule has 0 aromatic heterocycles. The number of hydrogen-bond acceptors (Lipinski definition) is 3. The summed E-state index contributed by atoms with van der Waals surface area (Å²) in [5.41, 5.74) is -0.244. The van der Waals surface area contributed by atoms with Crippen molar-refractivity contribution in [2.45, 2.75) is 77.8 Å². The third kappa shape index (κ3) is 4.72. The number of hydrogen-bond donors (Lipinski definition) is 1. The van der Waals surface area contributed by atoms with Crippen molar-refractivity contribution in [3.63, 3.8) is 0 Å². The van der Waals surface area contributed by atoms with Gasteiger partial charge in [-0.25, -0.2) is 0 Å². The quantitative estimate of drug-likeness (QED) is 0.858. The first-order valence-electron chi connectivity index (χ1n) is 10.2. The summed E-state index contributed by atoms with van der Waals surface area (Å²) in [4.78, 5) is 17.1. The zero-order valence-electron chi connectivity index (χ0n) is 16.0. The molecule has 4 heteroatoms. The number of amides is 1. The molecule has 1 saturated carbocycles. The van der Waals surface area contributed by atoms with E-state index in [1.165, 1.54) is 51.7 Å². The second-order valence-corrected chi connectivity index (χ2v) is 9.38. The van der Waals surface area contributed by atoms with Crippen molar-refractivity contribution >= 4 is 5.91 Å². The van der Waals surface area contributed by atoms with Crippen LogP contribution in [0.15, 0.2) is 0 Å². The SMILES string of the molecule is CC(C)(C)C(=O)N1CCC(N[C@H]2CCN(CC3CCCC3)C2)CC1. The van der Waals surface area contributed by atoms with Crippen LogP contribution in [0, 0.1) is 11.3 Å². The van der Waals surface area contributed by atoms with Gasteiger partial charge in [0.15, 0.2) is 0 Å². The summed E-state index contributed by atoms with van der Waals surface area (Å²) < 4.78 is 0. The summed E-state index contributed by atoms with van der Waals surface area (Å²) in [6.45, 7) is 11.8. The average molecular weight is 336 g/mol. The molecule has 1 aliphatic carbocycles. The van der Waals surface area contributed by atoms with E-state index in [4.69, 9.17) is 0 Å². The van der Waals surface area contributed by atoms with Gasteiger partial charge in [-0.05, 0) is 44.6 Å². The summed E-state index contributed by atoms with van der Waals surface area (Å²) in [7, 11) is 0. The zero-order chi connectivity index (χ0) is 17.2. The molecule has 1 atom stereocenters. The van der Waals surface area contributed by atoms with E-state index >= 15 is 0 Å². The summed E-state index contributed by atoms with van der Waals surface area (Å²) in [5.74, 6) is 1.28. The lowest BCUT2D eigenvalue weighted by atomic mass is 9.93. The van der Waals surface area contributed by atoms with Crippen molar-refractivity contribution < 1.29 is 4.79 Å². The molecule has 1 N–H and O–H groups in total. The van der Waals surface area contributed by atoms with Gasteiger partial charge in [0.05, 0.1) is 0 Å². The summed E-state index contributed by atoms with van der Waals surface area (Å²) in [5, 5.41) is 3.89. The second-order valence-electron chi connectivity index (χ2n) is 9.38. The molecule has 0 aromatic carbocycles. The highest BCUT2D eigenvalue weighted by Crippen LogP contribution is 2.27. The van der Waals surface area contributed by atoms with E-state index in [-0.39, 0.29) is 5.41 Å². The normalized spacial score (nSPS) is 28.0. The van der Waals surface area contributed by atoms with Crippen molar-refractivity contribution in [1.29, 1.82) is 0 Å².